The third kappa shape index (κ3) is 4.24. The van der Waals surface area contributed by atoms with Crippen LogP contribution in [-0.4, -0.2) is 13.7 Å². The van der Waals surface area contributed by atoms with Crippen LogP contribution in [0.4, 0.5) is 10.1 Å². The molecule has 2 aromatic rings. The second kappa shape index (κ2) is 7.84. The van der Waals surface area contributed by atoms with Crippen molar-refractivity contribution in [3.05, 3.63) is 64.9 Å². The van der Waals surface area contributed by atoms with E-state index in [1.165, 1.54) is 12.1 Å². The zero-order valence-corrected chi connectivity index (χ0v) is 13.8. The molecule has 0 saturated carbocycles. The van der Waals surface area contributed by atoms with Crippen molar-refractivity contribution >= 4 is 21.6 Å². The lowest BCUT2D eigenvalue weighted by molar-refractivity contribution is 0.324. The minimum absolute atomic E-state index is 0.251. The first-order valence-corrected chi connectivity index (χ1v) is 7.53. The highest BCUT2D eigenvalue weighted by Crippen LogP contribution is 2.36. The Balaban J connectivity index is 2.12. The van der Waals surface area contributed by atoms with Gasteiger partial charge in [-0.3, -0.25) is 0 Å². The van der Waals surface area contributed by atoms with Crippen LogP contribution in [0.15, 0.2) is 53.5 Å². The molecular formula is C17H17BrFNO2. The molecular weight excluding hydrogens is 349 g/mol. The van der Waals surface area contributed by atoms with Gasteiger partial charge in [0.05, 0.1) is 11.6 Å². The molecule has 116 valence electrons. The van der Waals surface area contributed by atoms with Crippen LogP contribution in [0.1, 0.15) is 5.56 Å². The molecule has 0 unspecified atom stereocenters. The second-order valence-corrected chi connectivity index (χ2v) is 5.42. The molecule has 0 heterocycles. The van der Waals surface area contributed by atoms with E-state index >= 15 is 0 Å². The second-order valence-electron chi connectivity index (χ2n) is 4.57. The normalized spacial score (nSPS) is 10.1. The number of halogens is 2. The lowest BCUT2D eigenvalue weighted by atomic mass is 10.2. The summed E-state index contributed by atoms with van der Waals surface area (Å²) in [7, 11) is 1.60. The zero-order valence-electron chi connectivity index (χ0n) is 12.2. The van der Waals surface area contributed by atoms with E-state index in [1.54, 1.807) is 25.3 Å². The molecule has 0 aliphatic carbocycles. The molecule has 2 aromatic carbocycles. The van der Waals surface area contributed by atoms with E-state index in [-0.39, 0.29) is 5.82 Å². The number of nitrogens with one attached hydrogen (secondary N) is 1. The van der Waals surface area contributed by atoms with E-state index in [2.05, 4.69) is 27.8 Å². The molecule has 0 aliphatic heterocycles. The standard InChI is InChI=1S/C17H17BrFNO2/c1-3-8-22-17-15(18)9-12(10-16(17)21-2)11-20-14-6-4-13(19)5-7-14/h3-7,9-10,20H,1,8,11H2,2H3. The van der Waals surface area contributed by atoms with Crippen molar-refractivity contribution in [3.8, 4) is 11.5 Å². The van der Waals surface area contributed by atoms with E-state index < -0.39 is 0 Å². The molecule has 1 N–H and O–H groups in total. The monoisotopic (exact) mass is 365 g/mol. The topological polar surface area (TPSA) is 30.5 Å². The van der Waals surface area contributed by atoms with Gasteiger partial charge in [-0.1, -0.05) is 12.7 Å². The van der Waals surface area contributed by atoms with Crippen LogP contribution in [0, 0.1) is 5.82 Å². The Kier molecular flexibility index (Phi) is 5.83. The molecule has 0 fully saturated rings. The van der Waals surface area contributed by atoms with Gasteiger partial charge < -0.3 is 14.8 Å². The SMILES string of the molecule is C=CCOc1c(Br)cc(CNc2ccc(F)cc2)cc1OC. The Morgan fingerprint density at radius 2 is 2.00 bits per heavy atom. The third-order valence-corrected chi connectivity index (χ3v) is 3.56. The number of anilines is 1. The number of methoxy groups -OCH3 is 1. The summed E-state index contributed by atoms with van der Waals surface area (Å²) < 4.78 is 24.6. The summed E-state index contributed by atoms with van der Waals surface area (Å²) >= 11 is 3.49. The largest absolute Gasteiger partial charge is 0.493 e. The highest BCUT2D eigenvalue weighted by atomic mass is 79.9. The quantitative estimate of drug-likeness (QED) is 0.716. The first kappa shape index (κ1) is 16.4. The summed E-state index contributed by atoms with van der Waals surface area (Å²) in [6.07, 6.45) is 1.68. The predicted molar refractivity (Wildman–Crippen MR) is 90.1 cm³/mol. The minimum atomic E-state index is -0.251. The summed E-state index contributed by atoms with van der Waals surface area (Å²) in [4.78, 5) is 0. The Bertz CT molecular complexity index is 644. The van der Waals surface area contributed by atoms with E-state index in [0.29, 0.717) is 24.7 Å². The smallest absolute Gasteiger partial charge is 0.175 e. The van der Waals surface area contributed by atoms with E-state index in [9.17, 15) is 4.39 Å². The molecule has 3 nitrogen and oxygen atoms in total. The highest BCUT2D eigenvalue weighted by molar-refractivity contribution is 9.10. The Morgan fingerprint density at radius 3 is 2.64 bits per heavy atom. The van der Waals surface area contributed by atoms with Crippen LogP contribution in [-0.2, 0) is 6.54 Å². The molecule has 0 saturated heterocycles. The fourth-order valence-corrected chi connectivity index (χ4v) is 2.53. The fraction of sp³-hybridized carbons (Fsp3) is 0.176. The first-order chi connectivity index (χ1) is 10.6. The van der Waals surface area contributed by atoms with Gasteiger partial charge in [-0.2, -0.15) is 0 Å². The Hall–Kier alpha value is -2.01. The first-order valence-electron chi connectivity index (χ1n) is 6.73. The summed E-state index contributed by atoms with van der Waals surface area (Å²) in [6.45, 7) is 4.62. The average Bonchev–Trinajstić information content (AvgIpc) is 2.53. The summed E-state index contributed by atoms with van der Waals surface area (Å²) in [6, 6.07) is 10.1. The lowest BCUT2D eigenvalue weighted by Crippen LogP contribution is -2.02. The van der Waals surface area contributed by atoms with Gasteiger partial charge in [-0.05, 0) is 57.9 Å². The van der Waals surface area contributed by atoms with E-state index in [0.717, 1.165) is 15.7 Å². The van der Waals surface area contributed by atoms with Crippen LogP contribution >= 0.6 is 15.9 Å². The van der Waals surface area contributed by atoms with E-state index in [4.69, 9.17) is 9.47 Å². The van der Waals surface area contributed by atoms with Gasteiger partial charge >= 0.3 is 0 Å². The van der Waals surface area contributed by atoms with Crippen molar-refractivity contribution in [1.29, 1.82) is 0 Å². The molecule has 0 amide bonds. The van der Waals surface area contributed by atoms with Gasteiger partial charge in [0.1, 0.15) is 12.4 Å². The number of benzene rings is 2. The van der Waals surface area contributed by atoms with Crippen molar-refractivity contribution in [2.75, 3.05) is 19.0 Å². The lowest BCUT2D eigenvalue weighted by Gasteiger charge is -2.14. The molecule has 0 aromatic heterocycles. The molecule has 2 rings (SSSR count). The summed E-state index contributed by atoms with van der Waals surface area (Å²) in [5.74, 6) is 1.04. The van der Waals surface area contributed by atoms with Crippen LogP contribution in [0.2, 0.25) is 0 Å². The summed E-state index contributed by atoms with van der Waals surface area (Å²) in [5.41, 5.74) is 1.86. The van der Waals surface area contributed by atoms with Gasteiger partial charge in [-0.15, -0.1) is 0 Å². The minimum Gasteiger partial charge on any atom is -0.493 e. The number of ether oxygens (including phenoxy) is 2. The number of rotatable bonds is 7. The zero-order chi connectivity index (χ0) is 15.9. The van der Waals surface area contributed by atoms with Gasteiger partial charge in [-0.25, -0.2) is 4.39 Å². The van der Waals surface area contributed by atoms with Crippen molar-refractivity contribution in [1.82, 2.24) is 0 Å². The van der Waals surface area contributed by atoms with Crippen LogP contribution in [0.3, 0.4) is 0 Å². The maximum atomic E-state index is 12.9. The Morgan fingerprint density at radius 1 is 1.27 bits per heavy atom. The molecule has 0 spiro atoms. The summed E-state index contributed by atoms with van der Waals surface area (Å²) in [5, 5.41) is 3.23. The van der Waals surface area contributed by atoms with Crippen LogP contribution in [0.5, 0.6) is 11.5 Å². The van der Waals surface area contributed by atoms with Gasteiger partial charge in [0.15, 0.2) is 11.5 Å². The van der Waals surface area contributed by atoms with Crippen molar-refractivity contribution in [2.24, 2.45) is 0 Å². The molecule has 0 aliphatic rings. The van der Waals surface area contributed by atoms with Crippen LogP contribution in [0.25, 0.3) is 0 Å². The van der Waals surface area contributed by atoms with Crippen molar-refractivity contribution < 1.29 is 13.9 Å². The predicted octanol–water partition coefficient (Wildman–Crippen LogP) is 4.77. The van der Waals surface area contributed by atoms with Crippen molar-refractivity contribution in [3.63, 3.8) is 0 Å². The van der Waals surface area contributed by atoms with Gasteiger partial charge in [0.2, 0.25) is 0 Å². The Labute approximate surface area is 137 Å². The maximum Gasteiger partial charge on any atom is 0.175 e. The van der Waals surface area contributed by atoms with Gasteiger partial charge in [0.25, 0.3) is 0 Å². The van der Waals surface area contributed by atoms with Gasteiger partial charge in [0, 0.05) is 12.2 Å². The molecule has 0 radical (unpaired) electrons. The number of hydrogen-bond acceptors (Lipinski definition) is 3. The van der Waals surface area contributed by atoms with E-state index in [1.807, 2.05) is 12.1 Å². The fourth-order valence-electron chi connectivity index (χ4n) is 1.93. The molecule has 22 heavy (non-hydrogen) atoms. The number of hydrogen-bond donors (Lipinski definition) is 1. The molecule has 5 heteroatoms. The molecule has 0 atom stereocenters. The average molecular weight is 366 g/mol. The highest BCUT2D eigenvalue weighted by Gasteiger charge is 2.11. The van der Waals surface area contributed by atoms with Crippen molar-refractivity contribution in [2.45, 2.75) is 6.54 Å². The van der Waals surface area contributed by atoms with Crippen LogP contribution < -0.4 is 14.8 Å². The maximum absolute atomic E-state index is 12.9. The third-order valence-electron chi connectivity index (χ3n) is 2.98. The molecule has 0 bridgehead atoms.